The van der Waals surface area contributed by atoms with E-state index in [1.807, 2.05) is 11.8 Å². The van der Waals surface area contributed by atoms with Gasteiger partial charge in [0.2, 0.25) is 0 Å². The van der Waals surface area contributed by atoms with Gasteiger partial charge in [0.1, 0.15) is 17.4 Å². The van der Waals surface area contributed by atoms with Crippen LogP contribution in [0.25, 0.3) is 0 Å². The van der Waals surface area contributed by atoms with Gasteiger partial charge in [-0.1, -0.05) is 11.6 Å². The van der Waals surface area contributed by atoms with Crippen LogP contribution in [-0.2, 0) is 17.8 Å². The maximum atomic E-state index is 12.8. The molecule has 1 aromatic carbocycles. The number of halogens is 1. The van der Waals surface area contributed by atoms with Crippen molar-refractivity contribution in [3.8, 4) is 5.75 Å². The summed E-state index contributed by atoms with van der Waals surface area (Å²) in [5.41, 5.74) is 2.14. The SMILES string of the molecule is Cc1nc2c(c(N3CCN(C)CC3)n1)CN(C(=O)COc1ccc(Cl)cc1)CC2. The average Bonchev–Trinajstić information content (AvgIpc) is 2.73. The third kappa shape index (κ3) is 4.62. The molecule has 1 fully saturated rings. The summed E-state index contributed by atoms with van der Waals surface area (Å²) in [6, 6.07) is 7.04. The number of nitrogens with zero attached hydrogens (tertiary/aromatic N) is 5. The second-order valence-electron chi connectivity index (χ2n) is 7.62. The van der Waals surface area contributed by atoms with Crippen molar-refractivity contribution in [2.45, 2.75) is 19.9 Å². The molecule has 0 spiro atoms. The van der Waals surface area contributed by atoms with Crippen molar-refractivity contribution in [2.75, 3.05) is 51.3 Å². The molecule has 8 heteroatoms. The zero-order chi connectivity index (χ0) is 20.4. The highest BCUT2D eigenvalue weighted by Crippen LogP contribution is 2.27. The fourth-order valence-electron chi connectivity index (χ4n) is 3.78. The van der Waals surface area contributed by atoms with E-state index in [2.05, 4.69) is 21.8 Å². The molecule has 0 unspecified atom stereocenters. The van der Waals surface area contributed by atoms with Gasteiger partial charge in [-0.25, -0.2) is 9.97 Å². The van der Waals surface area contributed by atoms with Crippen molar-refractivity contribution in [3.05, 3.63) is 46.4 Å². The van der Waals surface area contributed by atoms with Crippen molar-refractivity contribution >= 4 is 23.3 Å². The Kier molecular flexibility index (Phi) is 5.87. The van der Waals surface area contributed by atoms with Gasteiger partial charge >= 0.3 is 0 Å². The number of carbonyl (C=O) groups is 1. The molecule has 1 amide bonds. The van der Waals surface area contributed by atoms with Crippen LogP contribution in [0.5, 0.6) is 5.75 Å². The Balaban J connectivity index is 1.46. The first-order valence-corrected chi connectivity index (χ1v) is 10.3. The largest absolute Gasteiger partial charge is 0.484 e. The Morgan fingerprint density at radius 3 is 2.55 bits per heavy atom. The van der Waals surface area contributed by atoms with Crippen LogP contribution in [0.15, 0.2) is 24.3 Å². The molecule has 0 aliphatic carbocycles. The van der Waals surface area contributed by atoms with E-state index in [4.69, 9.17) is 21.3 Å². The summed E-state index contributed by atoms with van der Waals surface area (Å²) in [6.45, 7) is 7.02. The summed E-state index contributed by atoms with van der Waals surface area (Å²) in [4.78, 5) is 28.6. The maximum Gasteiger partial charge on any atom is 0.260 e. The molecule has 2 aromatic rings. The van der Waals surface area contributed by atoms with Gasteiger partial charge in [0.05, 0.1) is 12.2 Å². The lowest BCUT2D eigenvalue weighted by molar-refractivity contribution is -0.134. The minimum absolute atomic E-state index is 0.00747. The number of likely N-dealkylation sites (N-methyl/N-ethyl adjacent to an activating group) is 1. The molecule has 0 bridgehead atoms. The summed E-state index contributed by atoms with van der Waals surface area (Å²) in [5, 5.41) is 0.642. The van der Waals surface area contributed by atoms with Crippen LogP contribution < -0.4 is 9.64 Å². The quantitative estimate of drug-likeness (QED) is 0.762. The zero-order valence-electron chi connectivity index (χ0n) is 16.9. The second-order valence-corrected chi connectivity index (χ2v) is 8.05. The lowest BCUT2D eigenvalue weighted by atomic mass is 10.0. The lowest BCUT2D eigenvalue weighted by Crippen LogP contribution is -2.46. The minimum atomic E-state index is -0.0319. The molecular formula is C21H26ClN5O2. The highest BCUT2D eigenvalue weighted by atomic mass is 35.5. The van der Waals surface area contributed by atoms with Crippen LogP contribution in [0, 0.1) is 6.92 Å². The minimum Gasteiger partial charge on any atom is -0.484 e. The summed E-state index contributed by atoms with van der Waals surface area (Å²) in [7, 11) is 2.14. The zero-order valence-corrected chi connectivity index (χ0v) is 17.7. The van der Waals surface area contributed by atoms with Crippen LogP contribution in [-0.4, -0.2) is 72.1 Å². The number of ether oxygens (including phenoxy) is 1. The number of aromatic nitrogens is 2. The molecule has 0 radical (unpaired) electrons. The summed E-state index contributed by atoms with van der Waals surface area (Å²) < 4.78 is 5.64. The molecular weight excluding hydrogens is 390 g/mol. The molecule has 0 saturated carbocycles. The highest BCUT2D eigenvalue weighted by Gasteiger charge is 2.28. The number of rotatable bonds is 4. The Morgan fingerprint density at radius 2 is 1.83 bits per heavy atom. The molecule has 3 heterocycles. The Labute approximate surface area is 176 Å². The van der Waals surface area contributed by atoms with E-state index in [1.54, 1.807) is 24.3 Å². The van der Waals surface area contributed by atoms with Gasteiger partial charge in [0.15, 0.2) is 6.61 Å². The van der Waals surface area contributed by atoms with E-state index in [0.717, 1.165) is 55.5 Å². The van der Waals surface area contributed by atoms with Gasteiger partial charge in [0, 0.05) is 49.7 Å². The monoisotopic (exact) mass is 415 g/mol. The average molecular weight is 416 g/mol. The van der Waals surface area contributed by atoms with Gasteiger partial charge in [-0.15, -0.1) is 0 Å². The Bertz CT molecular complexity index is 881. The van der Waals surface area contributed by atoms with Crippen molar-refractivity contribution in [3.63, 3.8) is 0 Å². The highest BCUT2D eigenvalue weighted by molar-refractivity contribution is 6.30. The molecule has 4 rings (SSSR count). The molecule has 7 nitrogen and oxygen atoms in total. The van der Waals surface area contributed by atoms with E-state index < -0.39 is 0 Å². The standard InChI is InChI=1S/C21H26ClN5O2/c1-15-23-19-7-8-27(20(28)14-29-17-5-3-16(22)4-6-17)13-18(19)21(24-15)26-11-9-25(2)10-12-26/h3-6H,7-14H2,1-2H3. The van der Waals surface area contributed by atoms with Gasteiger partial charge < -0.3 is 19.4 Å². The van der Waals surface area contributed by atoms with Crippen molar-refractivity contribution in [2.24, 2.45) is 0 Å². The predicted octanol–water partition coefficient (Wildman–Crippen LogP) is 2.15. The molecule has 2 aliphatic heterocycles. The molecule has 1 aromatic heterocycles. The lowest BCUT2D eigenvalue weighted by Gasteiger charge is -2.37. The first-order chi connectivity index (χ1) is 14.0. The van der Waals surface area contributed by atoms with E-state index in [0.29, 0.717) is 23.9 Å². The van der Waals surface area contributed by atoms with E-state index in [-0.39, 0.29) is 12.5 Å². The number of fused-ring (bicyclic) bond motifs is 1. The Morgan fingerprint density at radius 1 is 1.10 bits per heavy atom. The van der Waals surface area contributed by atoms with Crippen LogP contribution in [0.2, 0.25) is 5.02 Å². The van der Waals surface area contributed by atoms with Gasteiger partial charge in [0.25, 0.3) is 5.91 Å². The van der Waals surface area contributed by atoms with Crippen LogP contribution in [0.3, 0.4) is 0 Å². The fourth-order valence-corrected chi connectivity index (χ4v) is 3.90. The van der Waals surface area contributed by atoms with Gasteiger partial charge in [-0.3, -0.25) is 4.79 Å². The Hall–Kier alpha value is -2.38. The van der Waals surface area contributed by atoms with Crippen molar-refractivity contribution in [1.82, 2.24) is 19.8 Å². The molecule has 0 N–H and O–H groups in total. The van der Waals surface area contributed by atoms with E-state index >= 15 is 0 Å². The molecule has 2 aliphatic rings. The smallest absolute Gasteiger partial charge is 0.260 e. The third-order valence-electron chi connectivity index (χ3n) is 5.48. The summed E-state index contributed by atoms with van der Waals surface area (Å²) >= 11 is 5.89. The number of piperazine rings is 1. The number of anilines is 1. The second kappa shape index (κ2) is 8.55. The fraction of sp³-hybridized carbons (Fsp3) is 0.476. The molecule has 1 saturated heterocycles. The number of hydrogen-bond donors (Lipinski definition) is 0. The van der Waals surface area contributed by atoms with Gasteiger partial charge in [-0.2, -0.15) is 0 Å². The first-order valence-electron chi connectivity index (χ1n) is 9.95. The molecule has 154 valence electrons. The van der Waals surface area contributed by atoms with Crippen molar-refractivity contribution in [1.29, 1.82) is 0 Å². The third-order valence-corrected chi connectivity index (χ3v) is 5.73. The number of aryl methyl sites for hydroxylation is 1. The normalized spacial score (nSPS) is 17.2. The van der Waals surface area contributed by atoms with Gasteiger partial charge in [-0.05, 0) is 38.2 Å². The van der Waals surface area contributed by atoms with Crippen LogP contribution in [0.4, 0.5) is 5.82 Å². The first kappa shape index (κ1) is 19.9. The van der Waals surface area contributed by atoms with E-state index in [1.165, 1.54) is 0 Å². The number of amides is 1. The van der Waals surface area contributed by atoms with E-state index in [9.17, 15) is 4.79 Å². The molecule has 0 atom stereocenters. The number of carbonyl (C=O) groups excluding carboxylic acids is 1. The maximum absolute atomic E-state index is 12.8. The van der Waals surface area contributed by atoms with Crippen molar-refractivity contribution < 1.29 is 9.53 Å². The summed E-state index contributed by atoms with van der Waals surface area (Å²) in [5.74, 6) is 2.38. The number of hydrogen-bond acceptors (Lipinski definition) is 6. The number of benzene rings is 1. The topological polar surface area (TPSA) is 61.8 Å². The van der Waals surface area contributed by atoms with Crippen LogP contribution in [0.1, 0.15) is 17.1 Å². The van der Waals surface area contributed by atoms with Crippen LogP contribution >= 0.6 is 11.6 Å². The summed E-state index contributed by atoms with van der Waals surface area (Å²) in [6.07, 6.45) is 0.742. The predicted molar refractivity (Wildman–Crippen MR) is 113 cm³/mol. The molecule has 29 heavy (non-hydrogen) atoms.